The molecular weight excluding hydrogens is 232 g/mol. The highest BCUT2D eigenvalue weighted by Gasteiger charge is 2.30. The van der Waals surface area contributed by atoms with E-state index in [1.165, 1.54) is 56.2 Å². The van der Waals surface area contributed by atoms with Gasteiger partial charge in [0.25, 0.3) is 0 Å². The van der Waals surface area contributed by atoms with Gasteiger partial charge in [0.05, 0.1) is 0 Å². The lowest BCUT2D eigenvalue weighted by atomic mass is 9.90. The molecule has 2 nitrogen and oxygen atoms in total. The average molecular weight is 258 g/mol. The molecule has 19 heavy (non-hydrogen) atoms. The van der Waals surface area contributed by atoms with Crippen LogP contribution in [0.2, 0.25) is 0 Å². The molecule has 1 aliphatic carbocycles. The Morgan fingerprint density at radius 3 is 2.58 bits per heavy atom. The van der Waals surface area contributed by atoms with Gasteiger partial charge in [-0.3, -0.25) is 0 Å². The molecule has 1 aliphatic heterocycles. The predicted molar refractivity (Wildman–Crippen MR) is 81.5 cm³/mol. The molecule has 2 N–H and O–H groups in total. The summed E-state index contributed by atoms with van der Waals surface area (Å²) in [5.41, 5.74) is 9.11. The number of anilines is 1. The number of para-hydroxylation sites is 1. The average Bonchev–Trinajstić information content (AvgIpc) is 2.69. The van der Waals surface area contributed by atoms with Gasteiger partial charge in [0.15, 0.2) is 0 Å². The third kappa shape index (κ3) is 2.64. The van der Waals surface area contributed by atoms with E-state index in [0.29, 0.717) is 6.04 Å². The highest BCUT2D eigenvalue weighted by Crippen LogP contribution is 2.35. The van der Waals surface area contributed by atoms with Crippen LogP contribution in [-0.2, 0) is 6.42 Å². The van der Waals surface area contributed by atoms with Crippen molar-refractivity contribution in [1.29, 1.82) is 0 Å². The molecule has 0 bridgehead atoms. The van der Waals surface area contributed by atoms with Gasteiger partial charge in [-0.2, -0.15) is 0 Å². The fourth-order valence-corrected chi connectivity index (χ4v) is 3.98. The van der Waals surface area contributed by atoms with E-state index in [9.17, 15) is 0 Å². The van der Waals surface area contributed by atoms with Crippen molar-refractivity contribution >= 4 is 5.69 Å². The molecule has 1 heterocycles. The van der Waals surface area contributed by atoms with Crippen LogP contribution in [-0.4, -0.2) is 19.1 Å². The fourth-order valence-electron chi connectivity index (χ4n) is 3.98. The number of nitrogens with two attached hydrogens (primary N) is 1. The van der Waals surface area contributed by atoms with Crippen LogP contribution in [0.1, 0.15) is 44.1 Å². The Hall–Kier alpha value is -1.02. The summed E-state index contributed by atoms with van der Waals surface area (Å²) in [5, 5.41) is 0. The maximum atomic E-state index is 6.15. The van der Waals surface area contributed by atoms with E-state index < -0.39 is 0 Å². The third-order valence-electron chi connectivity index (χ3n) is 5.01. The molecule has 104 valence electrons. The highest BCUT2D eigenvalue weighted by atomic mass is 15.2. The van der Waals surface area contributed by atoms with Crippen molar-refractivity contribution in [2.45, 2.75) is 51.0 Å². The Morgan fingerprint density at radius 2 is 1.84 bits per heavy atom. The summed E-state index contributed by atoms with van der Waals surface area (Å²) in [4.78, 5) is 2.60. The zero-order chi connectivity index (χ0) is 13.1. The van der Waals surface area contributed by atoms with E-state index in [4.69, 9.17) is 5.73 Å². The van der Waals surface area contributed by atoms with Gasteiger partial charge in [-0.05, 0) is 36.8 Å². The van der Waals surface area contributed by atoms with Gasteiger partial charge in [-0.15, -0.1) is 0 Å². The predicted octanol–water partition coefficient (Wildman–Crippen LogP) is 3.35. The Labute approximate surface area is 117 Å². The lowest BCUT2D eigenvalue weighted by molar-refractivity contribution is 0.363. The minimum Gasteiger partial charge on any atom is -0.366 e. The summed E-state index contributed by atoms with van der Waals surface area (Å²) in [5.74, 6) is 0.804. The van der Waals surface area contributed by atoms with Gasteiger partial charge in [-0.1, -0.05) is 43.9 Å². The van der Waals surface area contributed by atoms with Gasteiger partial charge in [0.1, 0.15) is 0 Å². The SMILES string of the molecule is NCC(C1CCCCCC1)N1CCc2ccccc21. The van der Waals surface area contributed by atoms with Gasteiger partial charge in [0.2, 0.25) is 0 Å². The van der Waals surface area contributed by atoms with Gasteiger partial charge in [0, 0.05) is 24.8 Å². The third-order valence-corrected chi connectivity index (χ3v) is 5.01. The second-order valence-electron chi connectivity index (χ2n) is 6.13. The molecule has 0 spiro atoms. The lowest BCUT2D eigenvalue weighted by Gasteiger charge is -2.35. The number of hydrogen-bond donors (Lipinski definition) is 1. The van der Waals surface area contributed by atoms with Crippen LogP contribution in [0.25, 0.3) is 0 Å². The molecule has 1 atom stereocenters. The number of nitrogens with zero attached hydrogens (tertiary/aromatic N) is 1. The number of benzene rings is 1. The maximum Gasteiger partial charge on any atom is 0.0440 e. The fraction of sp³-hybridized carbons (Fsp3) is 0.647. The van der Waals surface area contributed by atoms with E-state index in [1.807, 2.05) is 0 Å². The molecule has 0 aromatic heterocycles. The maximum absolute atomic E-state index is 6.15. The first-order valence-corrected chi connectivity index (χ1v) is 7.95. The quantitative estimate of drug-likeness (QED) is 0.843. The Balaban J connectivity index is 1.79. The second-order valence-corrected chi connectivity index (χ2v) is 6.13. The van der Waals surface area contributed by atoms with Crippen molar-refractivity contribution < 1.29 is 0 Å². The van der Waals surface area contributed by atoms with E-state index >= 15 is 0 Å². The molecule has 1 unspecified atom stereocenters. The summed E-state index contributed by atoms with van der Waals surface area (Å²) in [6.45, 7) is 1.97. The van der Waals surface area contributed by atoms with Crippen LogP contribution in [0.3, 0.4) is 0 Å². The minimum atomic E-state index is 0.557. The summed E-state index contributed by atoms with van der Waals surface area (Å²) in [6.07, 6.45) is 9.59. The molecule has 1 saturated carbocycles. The molecule has 2 heteroatoms. The van der Waals surface area contributed by atoms with Crippen molar-refractivity contribution in [2.24, 2.45) is 11.7 Å². The smallest absolute Gasteiger partial charge is 0.0440 e. The highest BCUT2D eigenvalue weighted by molar-refractivity contribution is 5.58. The Bertz CT molecular complexity index is 407. The molecular formula is C17H26N2. The first kappa shape index (κ1) is 13.0. The standard InChI is InChI=1S/C17H26N2/c18-13-17(14-7-3-1-2-4-8-14)19-12-11-15-9-5-6-10-16(15)19/h5-6,9-10,14,17H,1-4,7-8,11-13,18H2. The van der Waals surface area contributed by atoms with Crippen LogP contribution in [0.15, 0.2) is 24.3 Å². The Morgan fingerprint density at radius 1 is 1.11 bits per heavy atom. The van der Waals surface area contributed by atoms with E-state index in [2.05, 4.69) is 29.2 Å². The molecule has 1 aromatic carbocycles. The van der Waals surface area contributed by atoms with Crippen molar-refractivity contribution in [2.75, 3.05) is 18.0 Å². The van der Waals surface area contributed by atoms with Gasteiger partial charge in [-0.25, -0.2) is 0 Å². The molecule has 0 saturated heterocycles. The normalized spacial score (nSPS) is 22.1. The first-order valence-electron chi connectivity index (χ1n) is 7.95. The van der Waals surface area contributed by atoms with Gasteiger partial charge < -0.3 is 10.6 Å². The molecule has 1 fully saturated rings. The van der Waals surface area contributed by atoms with Crippen LogP contribution in [0.5, 0.6) is 0 Å². The van der Waals surface area contributed by atoms with E-state index in [1.54, 1.807) is 0 Å². The molecule has 0 radical (unpaired) electrons. The van der Waals surface area contributed by atoms with Crippen LogP contribution >= 0.6 is 0 Å². The summed E-state index contributed by atoms with van der Waals surface area (Å²) >= 11 is 0. The molecule has 1 aromatic rings. The first-order chi connectivity index (χ1) is 9.40. The summed E-state index contributed by atoms with van der Waals surface area (Å²) in [7, 11) is 0. The lowest BCUT2D eigenvalue weighted by Crippen LogP contribution is -2.45. The number of fused-ring (bicyclic) bond motifs is 1. The van der Waals surface area contributed by atoms with Gasteiger partial charge >= 0.3 is 0 Å². The summed E-state index contributed by atoms with van der Waals surface area (Å²) < 4.78 is 0. The number of rotatable bonds is 3. The largest absolute Gasteiger partial charge is 0.366 e. The van der Waals surface area contributed by atoms with Crippen molar-refractivity contribution in [3.05, 3.63) is 29.8 Å². The topological polar surface area (TPSA) is 29.3 Å². The van der Waals surface area contributed by atoms with Crippen LogP contribution < -0.4 is 10.6 Å². The Kier molecular flexibility index (Phi) is 4.07. The molecule has 0 amide bonds. The zero-order valence-electron chi connectivity index (χ0n) is 11.9. The van der Waals surface area contributed by atoms with Crippen molar-refractivity contribution in [3.8, 4) is 0 Å². The summed E-state index contributed by atoms with van der Waals surface area (Å²) in [6, 6.07) is 9.43. The molecule has 3 rings (SSSR count). The van der Waals surface area contributed by atoms with E-state index in [-0.39, 0.29) is 0 Å². The zero-order valence-corrected chi connectivity index (χ0v) is 11.9. The van der Waals surface area contributed by atoms with Crippen LogP contribution in [0.4, 0.5) is 5.69 Å². The van der Waals surface area contributed by atoms with Crippen molar-refractivity contribution in [3.63, 3.8) is 0 Å². The molecule has 2 aliphatic rings. The second kappa shape index (κ2) is 5.96. The monoisotopic (exact) mass is 258 g/mol. The van der Waals surface area contributed by atoms with Crippen molar-refractivity contribution in [1.82, 2.24) is 0 Å². The van der Waals surface area contributed by atoms with Crippen LogP contribution in [0, 0.1) is 5.92 Å². The minimum absolute atomic E-state index is 0.557. The van der Waals surface area contributed by atoms with E-state index in [0.717, 1.165) is 19.0 Å². The number of hydrogen-bond acceptors (Lipinski definition) is 2.